The van der Waals surface area contributed by atoms with E-state index < -0.39 is 0 Å². The van der Waals surface area contributed by atoms with Crippen LogP contribution in [0.1, 0.15) is 32.4 Å². The molecule has 0 aliphatic carbocycles. The largest absolute Gasteiger partial charge is 0.490 e. The van der Waals surface area contributed by atoms with Gasteiger partial charge in [-0.1, -0.05) is 19.9 Å². The van der Waals surface area contributed by atoms with E-state index in [0.717, 1.165) is 5.56 Å². The summed E-state index contributed by atoms with van der Waals surface area (Å²) in [7, 11) is 0. The van der Waals surface area contributed by atoms with E-state index in [1.54, 1.807) is 12.1 Å². The Balaban J connectivity index is 2.75. The van der Waals surface area contributed by atoms with Gasteiger partial charge < -0.3 is 10.5 Å². The molecule has 2 nitrogen and oxygen atoms in total. The normalized spacial score (nSPS) is 12.9. The minimum absolute atomic E-state index is 0.154. The van der Waals surface area contributed by atoms with Crippen LogP contribution in [0.5, 0.6) is 5.75 Å². The molecule has 0 aromatic heterocycles. The maximum Gasteiger partial charge on any atom is 0.165 e. The average molecular weight is 211 g/mol. The zero-order chi connectivity index (χ0) is 11.4. The van der Waals surface area contributed by atoms with Gasteiger partial charge in [-0.15, -0.1) is 0 Å². The highest BCUT2D eigenvalue weighted by molar-refractivity contribution is 5.30. The molecule has 0 spiro atoms. The fourth-order valence-corrected chi connectivity index (χ4v) is 1.17. The van der Waals surface area contributed by atoms with Crippen molar-refractivity contribution < 1.29 is 9.13 Å². The van der Waals surface area contributed by atoms with Crippen LogP contribution in [0.25, 0.3) is 0 Å². The lowest BCUT2D eigenvalue weighted by Crippen LogP contribution is -2.08. The van der Waals surface area contributed by atoms with Gasteiger partial charge in [-0.05, 0) is 30.5 Å². The Morgan fingerprint density at radius 2 is 2.00 bits per heavy atom. The summed E-state index contributed by atoms with van der Waals surface area (Å²) >= 11 is 0. The van der Waals surface area contributed by atoms with E-state index >= 15 is 0 Å². The van der Waals surface area contributed by atoms with E-state index in [0.29, 0.717) is 18.3 Å². The molecule has 1 unspecified atom stereocenters. The Kier molecular flexibility index (Phi) is 4.09. The first kappa shape index (κ1) is 12.0. The predicted molar refractivity (Wildman–Crippen MR) is 59.3 cm³/mol. The zero-order valence-electron chi connectivity index (χ0n) is 9.46. The minimum atomic E-state index is -0.342. The second-order valence-electron chi connectivity index (χ2n) is 4.18. The number of rotatable bonds is 4. The van der Waals surface area contributed by atoms with Gasteiger partial charge in [0.25, 0.3) is 0 Å². The van der Waals surface area contributed by atoms with Crippen LogP contribution in [0, 0.1) is 11.7 Å². The summed E-state index contributed by atoms with van der Waals surface area (Å²) in [6, 6.07) is 4.71. The van der Waals surface area contributed by atoms with Gasteiger partial charge in [0.1, 0.15) is 0 Å². The molecule has 1 aromatic rings. The van der Waals surface area contributed by atoms with Crippen LogP contribution in [0.15, 0.2) is 18.2 Å². The SMILES string of the molecule is CC(C)COc1ccc(C(C)N)cc1F. The lowest BCUT2D eigenvalue weighted by atomic mass is 10.1. The van der Waals surface area contributed by atoms with Crippen LogP contribution in [0.2, 0.25) is 0 Å². The summed E-state index contributed by atoms with van der Waals surface area (Å²) in [5, 5.41) is 0. The van der Waals surface area contributed by atoms with Crippen molar-refractivity contribution >= 4 is 0 Å². The molecule has 2 N–H and O–H groups in total. The van der Waals surface area contributed by atoms with Crippen molar-refractivity contribution in [1.29, 1.82) is 0 Å². The van der Waals surface area contributed by atoms with Crippen molar-refractivity contribution in [2.75, 3.05) is 6.61 Å². The zero-order valence-corrected chi connectivity index (χ0v) is 9.46. The molecule has 0 aliphatic rings. The Morgan fingerprint density at radius 3 is 2.47 bits per heavy atom. The van der Waals surface area contributed by atoms with E-state index in [2.05, 4.69) is 0 Å². The van der Waals surface area contributed by atoms with Gasteiger partial charge in [0.15, 0.2) is 11.6 Å². The molecule has 3 heteroatoms. The number of halogens is 1. The summed E-state index contributed by atoms with van der Waals surface area (Å²) in [6.07, 6.45) is 0. The van der Waals surface area contributed by atoms with Crippen molar-refractivity contribution in [1.82, 2.24) is 0 Å². The first-order valence-electron chi connectivity index (χ1n) is 5.18. The fraction of sp³-hybridized carbons (Fsp3) is 0.500. The number of hydrogen-bond acceptors (Lipinski definition) is 2. The molecule has 0 fully saturated rings. The first-order valence-corrected chi connectivity index (χ1v) is 5.18. The Labute approximate surface area is 90.2 Å². The number of nitrogens with two attached hydrogens (primary N) is 1. The maximum absolute atomic E-state index is 13.5. The second-order valence-corrected chi connectivity index (χ2v) is 4.18. The molecule has 0 radical (unpaired) electrons. The first-order chi connectivity index (χ1) is 7.00. The quantitative estimate of drug-likeness (QED) is 0.831. The Bertz CT molecular complexity index is 323. The van der Waals surface area contributed by atoms with Crippen molar-refractivity contribution in [2.45, 2.75) is 26.8 Å². The van der Waals surface area contributed by atoms with Crippen molar-refractivity contribution in [3.63, 3.8) is 0 Å². The number of ether oxygens (including phenoxy) is 1. The topological polar surface area (TPSA) is 35.2 Å². The standard InChI is InChI=1S/C12H18FNO/c1-8(2)7-15-12-5-4-10(9(3)14)6-11(12)13/h4-6,8-9H,7,14H2,1-3H3. The van der Waals surface area contributed by atoms with Gasteiger partial charge in [0, 0.05) is 6.04 Å². The molecular weight excluding hydrogens is 193 g/mol. The molecule has 1 aromatic carbocycles. The summed E-state index contributed by atoms with van der Waals surface area (Å²) in [5.41, 5.74) is 6.43. The van der Waals surface area contributed by atoms with Gasteiger partial charge in [0.2, 0.25) is 0 Å². The van der Waals surface area contributed by atoms with Crippen LogP contribution in [-0.4, -0.2) is 6.61 Å². The molecule has 0 saturated heterocycles. The fourth-order valence-electron chi connectivity index (χ4n) is 1.17. The van der Waals surface area contributed by atoms with Gasteiger partial charge in [-0.25, -0.2) is 4.39 Å². The second kappa shape index (κ2) is 5.12. The predicted octanol–water partition coefficient (Wildman–Crippen LogP) is 2.88. The molecule has 15 heavy (non-hydrogen) atoms. The number of benzene rings is 1. The molecule has 0 aliphatic heterocycles. The van der Waals surface area contributed by atoms with E-state index in [4.69, 9.17) is 10.5 Å². The minimum Gasteiger partial charge on any atom is -0.490 e. The van der Waals surface area contributed by atoms with Crippen molar-refractivity contribution in [2.24, 2.45) is 11.7 Å². The van der Waals surface area contributed by atoms with Crippen LogP contribution in [0.3, 0.4) is 0 Å². The molecular formula is C12H18FNO. The highest BCUT2D eigenvalue weighted by Crippen LogP contribution is 2.21. The van der Waals surface area contributed by atoms with Crippen LogP contribution in [-0.2, 0) is 0 Å². The molecule has 1 atom stereocenters. The highest BCUT2D eigenvalue weighted by Gasteiger charge is 2.07. The van der Waals surface area contributed by atoms with E-state index in [1.807, 2.05) is 20.8 Å². The smallest absolute Gasteiger partial charge is 0.165 e. The summed E-state index contributed by atoms with van der Waals surface area (Å²) < 4.78 is 18.8. The highest BCUT2D eigenvalue weighted by atomic mass is 19.1. The average Bonchev–Trinajstić information content (AvgIpc) is 2.15. The van der Waals surface area contributed by atoms with Gasteiger partial charge in [0.05, 0.1) is 6.61 Å². The summed E-state index contributed by atoms with van der Waals surface area (Å²) in [5.74, 6) is 0.344. The molecule has 84 valence electrons. The third-order valence-electron chi connectivity index (χ3n) is 2.05. The van der Waals surface area contributed by atoms with Gasteiger partial charge in [-0.3, -0.25) is 0 Å². The summed E-state index contributed by atoms with van der Waals surface area (Å²) in [6.45, 7) is 6.39. The van der Waals surface area contributed by atoms with E-state index in [1.165, 1.54) is 6.07 Å². The van der Waals surface area contributed by atoms with Gasteiger partial charge >= 0.3 is 0 Å². The van der Waals surface area contributed by atoms with E-state index in [9.17, 15) is 4.39 Å². The van der Waals surface area contributed by atoms with Crippen LogP contribution < -0.4 is 10.5 Å². The third kappa shape index (κ3) is 3.51. The number of hydrogen-bond donors (Lipinski definition) is 1. The molecule has 0 amide bonds. The van der Waals surface area contributed by atoms with Gasteiger partial charge in [-0.2, -0.15) is 0 Å². The molecule has 1 rings (SSSR count). The lowest BCUT2D eigenvalue weighted by Gasteiger charge is -2.11. The van der Waals surface area contributed by atoms with Crippen molar-refractivity contribution in [3.8, 4) is 5.75 Å². The van der Waals surface area contributed by atoms with Crippen molar-refractivity contribution in [3.05, 3.63) is 29.6 Å². The van der Waals surface area contributed by atoms with E-state index in [-0.39, 0.29) is 11.9 Å². The van der Waals surface area contributed by atoms with Crippen LogP contribution >= 0.6 is 0 Å². The Morgan fingerprint density at radius 1 is 1.33 bits per heavy atom. The summed E-state index contributed by atoms with van der Waals surface area (Å²) in [4.78, 5) is 0. The third-order valence-corrected chi connectivity index (χ3v) is 2.05. The molecule has 0 bridgehead atoms. The molecule has 0 saturated carbocycles. The lowest BCUT2D eigenvalue weighted by molar-refractivity contribution is 0.259. The van der Waals surface area contributed by atoms with Crippen LogP contribution in [0.4, 0.5) is 4.39 Å². The maximum atomic E-state index is 13.5. The molecule has 0 heterocycles. The Hall–Kier alpha value is -1.09. The monoisotopic (exact) mass is 211 g/mol.